The first-order chi connectivity index (χ1) is 15.6. The summed E-state index contributed by atoms with van der Waals surface area (Å²) in [5, 5.41) is 5.78. The molecule has 32 heavy (non-hydrogen) atoms. The van der Waals surface area contributed by atoms with E-state index in [2.05, 4.69) is 34.3 Å². The molecule has 0 spiro atoms. The zero-order valence-electron chi connectivity index (χ0n) is 18.7. The Morgan fingerprint density at radius 1 is 1.06 bits per heavy atom. The maximum absolute atomic E-state index is 13.4. The molecule has 0 aliphatic carbocycles. The van der Waals surface area contributed by atoms with Crippen LogP contribution in [0.3, 0.4) is 0 Å². The summed E-state index contributed by atoms with van der Waals surface area (Å²) in [4.78, 5) is 19.9. The Balaban J connectivity index is 1.34. The highest BCUT2D eigenvalue weighted by Gasteiger charge is 2.25. The summed E-state index contributed by atoms with van der Waals surface area (Å²) in [5.74, 6) is 0.565. The number of aryl methyl sites for hydroxylation is 2. The fraction of sp³-hybridized carbons (Fsp3) is 0.296. The smallest absolute Gasteiger partial charge is 0.253 e. The first-order valence-corrected chi connectivity index (χ1v) is 11.3. The fourth-order valence-corrected chi connectivity index (χ4v) is 4.92. The van der Waals surface area contributed by atoms with Crippen LogP contribution in [-0.2, 0) is 6.42 Å². The molecule has 0 saturated carbocycles. The normalized spacial score (nSPS) is 16.4. The minimum Gasteiger partial charge on any atom is -0.338 e. The van der Waals surface area contributed by atoms with E-state index < -0.39 is 0 Å². The lowest BCUT2D eigenvalue weighted by atomic mass is 9.89. The molecular formula is C27H28N4O. The van der Waals surface area contributed by atoms with Crippen LogP contribution >= 0.6 is 0 Å². The molecule has 1 saturated heterocycles. The van der Waals surface area contributed by atoms with E-state index in [4.69, 9.17) is 0 Å². The van der Waals surface area contributed by atoms with Crippen LogP contribution in [0.2, 0.25) is 0 Å². The number of hydrogen-bond acceptors (Lipinski definition) is 3. The summed E-state index contributed by atoms with van der Waals surface area (Å²) >= 11 is 0. The molecule has 1 atom stereocenters. The third-order valence-electron chi connectivity index (χ3n) is 6.40. The highest BCUT2D eigenvalue weighted by molar-refractivity contribution is 5.94. The molecule has 0 radical (unpaired) electrons. The van der Waals surface area contributed by atoms with Gasteiger partial charge in [0.25, 0.3) is 5.91 Å². The average molecular weight is 425 g/mol. The van der Waals surface area contributed by atoms with Crippen LogP contribution in [0.15, 0.2) is 66.9 Å². The SMILES string of the molecule is Cc1cc(C)n(-c2cccc(C(=O)N3CCCC(Cc4cccc5ncccc45)C3)c2)n1. The van der Waals surface area contributed by atoms with Crippen molar-refractivity contribution in [2.24, 2.45) is 5.92 Å². The standard InChI is InChI=1S/C27H28N4O/c1-19-15-20(2)31(29-19)24-10-3-9-23(17-24)27(32)30-14-6-7-21(18-30)16-22-8-4-12-26-25(22)11-5-13-28-26/h3-5,8-13,15,17,21H,6-7,14,16,18H2,1-2H3. The largest absolute Gasteiger partial charge is 0.338 e. The molecule has 2 aromatic heterocycles. The topological polar surface area (TPSA) is 51.0 Å². The number of pyridine rings is 1. The van der Waals surface area contributed by atoms with Crippen molar-refractivity contribution in [3.8, 4) is 5.69 Å². The van der Waals surface area contributed by atoms with E-state index >= 15 is 0 Å². The molecule has 162 valence electrons. The quantitative estimate of drug-likeness (QED) is 0.456. The van der Waals surface area contributed by atoms with E-state index in [0.717, 1.165) is 60.5 Å². The van der Waals surface area contributed by atoms with Crippen LogP contribution in [0.25, 0.3) is 16.6 Å². The van der Waals surface area contributed by atoms with E-state index in [0.29, 0.717) is 5.92 Å². The molecule has 5 heteroatoms. The Morgan fingerprint density at radius 2 is 1.94 bits per heavy atom. The maximum atomic E-state index is 13.4. The van der Waals surface area contributed by atoms with E-state index in [9.17, 15) is 4.79 Å². The summed E-state index contributed by atoms with van der Waals surface area (Å²) in [7, 11) is 0. The van der Waals surface area contributed by atoms with Gasteiger partial charge in [0.2, 0.25) is 0 Å². The molecule has 2 aromatic carbocycles. The Morgan fingerprint density at radius 3 is 2.78 bits per heavy atom. The Bertz CT molecular complexity index is 1270. The average Bonchev–Trinajstić information content (AvgIpc) is 3.17. The number of likely N-dealkylation sites (tertiary alicyclic amines) is 1. The predicted octanol–water partition coefficient (Wildman–Crippen LogP) is 5.13. The molecule has 1 unspecified atom stereocenters. The molecule has 1 aliphatic rings. The van der Waals surface area contributed by atoms with Crippen molar-refractivity contribution < 1.29 is 4.79 Å². The molecular weight excluding hydrogens is 396 g/mol. The van der Waals surface area contributed by atoms with Crippen molar-refractivity contribution >= 4 is 16.8 Å². The van der Waals surface area contributed by atoms with Crippen LogP contribution in [-0.4, -0.2) is 38.7 Å². The number of rotatable bonds is 4. The van der Waals surface area contributed by atoms with Gasteiger partial charge in [-0.15, -0.1) is 0 Å². The second-order valence-electron chi connectivity index (χ2n) is 8.84. The molecule has 5 nitrogen and oxygen atoms in total. The minimum absolute atomic E-state index is 0.109. The number of fused-ring (bicyclic) bond motifs is 1. The van der Waals surface area contributed by atoms with Gasteiger partial charge in [0.1, 0.15) is 0 Å². The van der Waals surface area contributed by atoms with Crippen LogP contribution in [0.4, 0.5) is 0 Å². The number of carbonyl (C=O) groups excluding carboxylic acids is 1. The number of hydrogen-bond donors (Lipinski definition) is 0. The lowest BCUT2D eigenvalue weighted by Crippen LogP contribution is -2.40. The van der Waals surface area contributed by atoms with Crippen LogP contribution in [0, 0.1) is 19.8 Å². The van der Waals surface area contributed by atoms with Crippen molar-refractivity contribution in [3.05, 3.63) is 89.4 Å². The van der Waals surface area contributed by atoms with Gasteiger partial charge in [-0.3, -0.25) is 9.78 Å². The summed E-state index contributed by atoms with van der Waals surface area (Å²) < 4.78 is 1.90. The zero-order valence-corrected chi connectivity index (χ0v) is 18.7. The predicted molar refractivity (Wildman–Crippen MR) is 127 cm³/mol. The number of benzene rings is 2. The maximum Gasteiger partial charge on any atom is 0.253 e. The van der Waals surface area contributed by atoms with E-state index in [1.807, 2.05) is 66.0 Å². The summed E-state index contributed by atoms with van der Waals surface area (Å²) in [6.07, 6.45) is 4.99. The van der Waals surface area contributed by atoms with E-state index in [-0.39, 0.29) is 5.91 Å². The van der Waals surface area contributed by atoms with E-state index in [1.54, 1.807) is 0 Å². The molecule has 0 N–H and O–H groups in total. The molecule has 3 heterocycles. The van der Waals surface area contributed by atoms with Crippen molar-refractivity contribution in [1.82, 2.24) is 19.7 Å². The van der Waals surface area contributed by atoms with Gasteiger partial charge in [-0.2, -0.15) is 5.10 Å². The Kier molecular flexibility index (Phi) is 5.48. The summed E-state index contributed by atoms with van der Waals surface area (Å²) in [6.45, 7) is 5.63. The van der Waals surface area contributed by atoms with Crippen molar-refractivity contribution in [1.29, 1.82) is 0 Å². The van der Waals surface area contributed by atoms with Gasteiger partial charge in [0, 0.05) is 35.9 Å². The van der Waals surface area contributed by atoms with Crippen molar-refractivity contribution in [2.75, 3.05) is 13.1 Å². The second kappa shape index (κ2) is 8.58. The van der Waals surface area contributed by atoms with Gasteiger partial charge in [-0.05, 0) is 81.0 Å². The number of aromatic nitrogens is 3. The molecule has 5 rings (SSSR count). The Hall–Kier alpha value is -3.47. The second-order valence-corrected chi connectivity index (χ2v) is 8.84. The Labute approximate surface area is 188 Å². The lowest BCUT2D eigenvalue weighted by Gasteiger charge is -2.33. The third-order valence-corrected chi connectivity index (χ3v) is 6.40. The van der Waals surface area contributed by atoms with Crippen LogP contribution < -0.4 is 0 Å². The minimum atomic E-state index is 0.109. The number of piperidine rings is 1. The number of carbonyl (C=O) groups is 1. The van der Waals surface area contributed by atoms with Gasteiger partial charge >= 0.3 is 0 Å². The van der Waals surface area contributed by atoms with Gasteiger partial charge in [0.05, 0.1) is 16.9 Å². The fourth-order valence-electron chi connectivity index (χ4n) is 4.92. The van der Waals surface area contributed by atoms with E-state index in [1.165, 1.54) is 10.9 Å². The van der Waals surface area contributed by atoms with Gasteiger partial charge in [-0.1, -0.05) is 24.3 Å². The molecule has 0 bridgehead atoms. The number of amides is 1. The monoisotopic (exact) mass is 424 g/mol. The summed E-state index contributed by atoms with van der Waals surface area (Å²) in [6, 6.07) is 20.4. The zero-order chi connectivity index (χ0) is 22.1. The van der Waals surface area contributed by atoms with Gasteiger partial charge in [0.15, 0.2) is 0 Å². The van der Waals surface area contributed by atoms with Crippen LogP contribution in [0.1, 0.15) is 40.2 Å². The summed E-state index contributed by atoms with van der Waals surface area (Å²) in [5.41, 5.74) is 6.05. The highest BCUT2D eigenvalue weighted by atomic mass is 16.2. The third kappa shape index (κ3) is 4.03. The van der Waals surface area contributed by atoms with Crippen LogP contribution in [0.5, 0.6) is 0 Å². The molecule has 1 aliphatic heterocycles. The first kappa shape index (κ1) is 20.4. The first-order valence-electron chi connectivity index (χ1n) is 11.3. The van der Waals surface area contributed by atoms with Crippen molar-refractivity contribution in [2.45, 2.75) is 33.1 Å². The molecule has 1 amide bonds. The van der Waals surface area contributed by atoms with Crippen molar-refractivity contribution in [3.63, 3.8) is 0 Å². The molecule has 4 aromatic rings. The van der Waals surface area contributed by atoms with Gasteiger partial charge in [-0.25, -0.2) is 4.68 Å². The number of nitrogens with zero attached hydrogens (tertiary/aromatic N) is 4. The highest BCUT2D eigenvalue weighted by Crippen LogP contribution is 2.26. The van der Waals surface area contributed by atoms with Gasteiger partial charge < -0.3 is 4.90 Å². The molecule has 1 fully saturated rings. The lowest BCUT2D eigenvalue weighted by molar-refractivity contribution is 0.0673.